The van der Waals surface area contributed by atoms with E-state index < -0.39 is 0 Å². The fourth-order valence-corrected chi connectivity index (χ4v) is 4.26. The maximum absolute atomic E-state index is 14.0. The van der Waals surface area contributed by atoms with Gasteiger partial charge in [0.1, 0.15) is 5.82 Å². The molecule has 0 unspecified atom stereocenters. The molecule has 3 rings (SSSR count). The summed E-state index contributed by atoms with van der Waals surface area (Å²) in [6.07, 6.45) is 2.95. The summed E-state index contributed by atoms with van der Waals surface area (Å²) in [7, 11) is 0. The van der Waals surface area contributed by atoms with Gasteiger partial charge in [-0.3, -0.25) is 14.5 Å². The first-order valence-electron chi connectivity index (χ1n) is 10.2. The van der Waals surface area contributed by atoms with Gasteiger partial charge in [-0.2, -0.15) is 0 Å². The zero-order valence-corrected chi connectivity index (χ0v) is 17.3. The van der Waals surface area contributed by atoms with E-state index >= 15 is 0 Å². The zero-order chi connectivity index (χ0) is 20.1. The Morgan fingerprint density at radius 3 is 2.36 bits per heavy atom. The summed E-state index contributed by atoms with van der Waals surface area (Å²) < 4.78 is 14.0. The molecule has 2 amide bonds. The van der Waals surface area contributed by atoms with Crippen molar-refractivity contribution in [2.45, 2.75) is 39.2 Å². The number of halogens is 2. The average molecular weight is 410 g/mol. The van der Waals surface area contributed by atoms with E-state index in [1.807, 2.05) is 16.7 Å². The highest BCUT2D eigenvalue weighted by atomic mass is 35.5. The quantitative estimate of drug-likeness (QED) is 0.750. The topological polar surface area (TPSA) is 43.9 Å². The molecule has 2 aliphatic rings. The number of piperazine rings is 1. The summed E-state index contributed by atoms with van der Waals surface area (Å²) in [5.41, 5.74) is 0.521. The van der Waals surface area contributed by atoms with Crippen molar-refractivity contribution in [2.24, 2.45) is 5.92 Å². The van der Waals surface area contributed by atoms with Crippen LogP contribution in [0.2, 0.25) is 5.02 Å². The Balaban J connectivity index is 1.46. The number of hydrogen-bond donors (Lipinski definition) is 0. The number of rotatable bonds is 5. The lowest BCUT2D eigenvalue weighted by molar-refractivity contribution is -0.142. The smallest absolute Gasteiger partial charge is 0.225 e. The van der Waals surface area contributed by atoms with Crippen LogP contribution < -0.4 is 0 Å². The molecule has 0 saturated carbocycles. The van der Waals surface area contributed by atoms with E-state index in [9.17, 15) is 14.0 Å². The molecule has 2 saturated heterocycles. The zero-order valence-electron chi connectivity index (χ0n) is 16.5. The Bertz CT molecular complexity index is 679. The van der Waals surface area contributed by atoms with Gasteiger partial charge in [-0.05, 0) is 31.4 Å². The van der Waals surface area contributed by atoms with E-state index in [1.54, 1.807) is 12.1 Å². The lowest BCUT2D eigenvalue weighted by Gasteiger charge is -2.38. The molecule has 7 heteroatoms. The Hall–Kier alpha value is -1.66. The number of piperidine rings is 1. The monoisotopic (exact) mass is 409 g/mol. The Kier molecular flexibility index (Phi) is 7.30. The predicted molar refractivity (Wildman–Crippen MR) is 107 cm³/mol. The fraction of sp³-hybridized carbons (Fsp3) is 0.619. The highest BCUT2D eigenvalue weighted by Gasteiger charge is 2.31. The van der Waals surface area contributed by atoms with Crippen molar-refractivity contribution in [3.05, 3.63) is 34.6 Å². The van der Waals surface area contributed by atoms with Gasteiger partial charge in [0.25, 0.3) is 0 Å². The Morgan fingerprint density at radius 2 is 1.75 bits per heavy atom. The van der Waals surface area contributed by atoms with Crippen LogP contribution in [0.1, 0.15) is 38.2 Å². The molecule has 2 aliphatic heterocycles. The van der Waals surface area contributed by atoms with E-state index in [4.69, 9.17) is 11.6 Å². The van der Waals surface area contributed by atoms with Crippen LogP contribution in [-0.2, 0) is 16.1 Å². The fourth-order valence-electron chi connectivity index (χ4n) is 4.04. The van der Waals surface area contributed by atoms with Crippen LogP contribution >= 0.6 is 11.6 Å². The lowest BCUT2D eigenvalue weighted by atomic mass is 9.94. The van der Waals surface area contributed by atoms with Gasteiger partial charge in [-0.15, -0.1) is 0 Å². The van der Waals surface area contributed by atoms with E-state index in [-0.39, 0.29) is 23.5 Å². The van der Waals surface area contributed by atoms with Gasteiger partial charge < -0.3 is 9.80 Å². The second-order valence-electron chi connectivity index (χ2n) is 7.71. The van der Waals surface area contributed by atoms with Gasteiger partial charge in [0, 0.05) is 68.7 Å². The van der Waals surface area contributed by atoms with Crippen LogP contribution in [0.3, 0.4) is 0 Å². The first-order chi connectivity index (χ1) is 13.5. The number of likely N-dealkylation sites (tertiary alicyclic amines) is 1. The molecular weight excluding hydrogens is 381 g/mol. The Labute approximate surface area is 171 Å². The highest BCUT2D eigenvalue weighted by Crippen LogP contribution is 2.23. The highest BCUT2D eigenvalue weighted by molar-refractivity contribution is 6.31. The van der Waals surface area contributed by atoms with Crippen LogP contribution in [-0.4, -0.2) is 65.8 Å². The minimum absolute atomic E-state index is 0.0123. The van der Waals surface area contributed by atoms with Gasteiger partial charge in [-0.1, -0.05) is 24.6 Å². The lowest BCUT2D eigenvalue weighted by Crippen LogP contribution is -2.51. The third-order valence-corrected chi connectivity index (χ3v) is 6.14. The van der Waals surface area contributed by atoms with Crippen molar-refractivity contribution >= 4 is 23.4 Å². The van der Waals surface area contributed by atoms with Crippen LogP contribution in [0.25, 0.3) is 0 Å². The van der Waals surface area contributed by atoms with Gasteiger partial charge in [0.05, 0.1) is 0 Å². The molecule has 0 N–H and O–H groups in total. The molecule has 0 bridgehead atoms. The number of amides is 2. The molecular formula is C21H29ClFN3O2. The maximum Gasteiger partial charge on any atom is 0.225 e. The van der Waals surface area contributed by atoms with Crippen molar-refractivity contribution in [3.8, 4) is 0 Å². The van der Waals surface area contributed by atoms with Crippen LogP contribution in [0, 0.1) is 11.7 Å². The third kappa shape index (κ3) is 5.03. The van der Waals surface area contributed by atoms with E-state index in [0.29, 0.717) is 62.8 Å². The third-order valence-electron chi connectivity index (χ3n) is 5.79. The summed E-state index contributed by atoms with van der Waals surface area (Å²) in [6.45, 7) is 6.57. The average Bonchev–Trinajstić information content (AvgIpc) is 2.71. The molecule has 1 aromatic rings. The molecule has 2 heterocycles. The van der Waals surface area contributed by atoms with Gasteiger partial charge in [0.2, 0.25) is 11.8 Å². The second kappa shape index (κ2) is 9.70. The SMILES string of the molecule is CCCC(=O)N1CCC(C(=O)N2CCN(Cc3c(F)cccc3Cl)CC2)CC1. The number of carbonyl (C=O) groups is 2. The predicted octanol–water partition coefficient (Wildman–Crippen LogP) is 3.16. The number of benzene rings is 1. The van der Waals surface area contributed by atoms with Crippen LogP contribution in [0.4, 0.5) is 4.39 Å². The summed E-state index contributed by atoms with van der Waals surface area (Å²) >= 11 is 6.12. The molecule has 0 aromatic heterocycles. The molecule has 2 fully saturated rings. The standard InChI is InChI=1S/C21H29ClFN3O2/c1-2-4-20(27)25-9-7-16(8-10-25)21(28)26-13-11-24(12-14-26)15-17-18(22)5-3-6-19(17)23/h3,5-6,16H,2,4,7-15H2,1H3. The molecule has 0 spiro atoms. The molecule has 154 valence electrons. The number of carbonyl (C=O) groups excluding carboxylic acids is 2. The summed E-state index contributed by atoms with van der Waals surface area (Å²) in [5.74, 6) is 0.133. The van der Waals surface area contributed by atoms with Crippen molar-refractivity contribution < 1.29 is 14.0 Å². The maximum atomic E-state index is 14.0. The number of hydrogen-bond acceptors (Lipinski definition) is 3. The largest absolute Gasteiger partial charge is 0.343 e. The summed E-state index contributed by atoms with van der Waals surface area (Å²) in [6, 6.07) is 4.74. The van der Waals surface area contributed by atoms with Gasteiger partial charge >= 0.3 is 0 Å². The van der Waals surface area contributed by atoms with Crippen LogP contribution in [0.15, 0.2) is 18.2 Å². The molecule has 0 radical (unpaired) electrons. The van der Waals surface area contributed by atoms with E-state index in [0.717, 1.165) is 19.3 Å². The van der Waals surface area contributed by atoms with E-state index in [2.05, 4.69) is 4.90 Å². The van der Waals surface area contributed by atoms with Crippen molar-refractivity contribution in [1.82, 2.24) is 14.7 Å². The second-order valence-corrected chi connectivity index (χ2v) is 8.11. The van der Waals surface area contributed by atoms with Crippen molar-refractivity contribution in [1.29, 1.82) is 0 Å². The van der Waals surface area contributed by atoms with Gasteiger partial charge in [0.15, 0.2) is 0 Å². The number of nitrogens with zero attached hydrogens (tertiary/aromatic N) is 3. The van der Waals surface area contributed by atoms with Gasteiger partial charge in [-0.25, -0.2) is 4.39 Å². The Morgan fingerprint density at radius 1 is 1.07 bits per heavy atom. The normalized spacial score (nSPS) is 19.1. The minimum atomic E-state index is -0.282. The molecule has 1 aromatic carbocycles. The van der Waals surface area contributed by atoms with E-state index in [1.165, 1.54) is 6.07 Å². The first-order valence-corrected chi connectivity index (χ1v) is 10.6. The molecule has 5 nitrogen and oxygen atoms in total. The summed E-state index contributed by atoms with van der Waals surface area (Å²) in [4.78, 5) is 30.8. The molecule has 0 aliphatic carbocycles. The molecule has 28 heavy (non-hydrogen) atoms. The molecule has 0 atom stereocenters. The summed E-state index contributed by atoms with van der Waals surface area (Å²) in [5, 5.41) is 0.447. The van der Waals surface area contributed by atoms with Crippen molar-refractivity contribution in [2.75, 3.05) is 39.3 Å². The first kappa shape index (κ1) is 21.1. The van der Waals surface area contributed by atoms with Crippen LogP contribution in [0.5, 0.6) is 0 Å². The minimum Gasteiger partial charge on any atom is -0.343 e. The van der Waals surface area contributed by atoms with Crippen molar-refractivity contribution in [3.63, 3.8) is 0 Å².